The lowest BCUT2D eigenvalue weighted by molar-refractivity contribution is -0.137. The monoisotopic (exact) mass is 446 g/mol. The normalized spacial score (nSPS) is 13.8. The van der Waals surface area contributed by atoms with Crippen molar-refractivity contribution in [3.8, 4) is 16.9 Å². The Morgan fingerprint density at radius 3 is 2.30 bits per heavy atom. The van der Waals surface area contributed by atoms with Gasteiger partial charge in [0.15, 0.2) is 0 Å². The lowest BCUT2D eigenvalue weighted by Crippen LogP contribution is -2.50. The average molecular weight is 447 g/mol. The van der Waals surface area contributed by atoms with Gasteiger partial charge in [-0.25, -0.2) is 0 Å². The van der Waals surface area contributed by atoms with Crippen LogP contribution in [-0.2, 0) is 16.0 Å². The van der Waals surface area contributed by atoms with Gasteiger partial charge in [-0.15, -0.1) is 0 Å². The highest BCUT2D eigenvalue weighted by molar-refractivity contribution is 6.33. The zero-order valence-corrected chi connectivity index (χ0v) is 18.4. The van der Waals surface area contributed by atoms with Crippen LogP contribution in [-0.4, -0.2) is 54.9 Å². The molecule has 2 aromatic carbocycles. The minimum Gasteiger partial charge on any atom is -0.496 e. The summed E-state index contributed by atoms with van der Waals surface area (Å²) in [6.45, 7) is 5.64. The van der Waals surface area contributed by atoms with Gasteiger partial charge in [0.2, 0.25) is 11.8 Å². The molecule has 0 radical (unpaired) electrons. The number of rotatable bonds is 6. The number of halogens is 2. The Kier molecular flexibility index (Phi) is 7.40. The predicted molar refractivity (Wildman–Crippen MR) is 120 cm³/mol. The van der Waals surface area contributed by atoms with Crippen LogP contribution in [0.5, 0.6) is 5.75 Å². The van der Waals surface area contributed by atoms with Crippen LogP contribution in [0.15, 0.2) is 49.1 Å². The van der Waals surface area contributed by atoms with Crippen molar-refractivity contribution in [3.63, 3.8) is 0 Å². The van der Waals surface area contributed by atoms with Gasteiger partial charge in [0.05, 0.1) is 12.1 Å². The molecule has 30 heavy (non-hydrogen) atoms. The molecule has 7 heteroatoms. The van der Waals surface area contributed by atoms with Crippen molar-refractivity contribution in [1.29, 1.82) is 0 Å². The average Bonchev–Trinajstić information content (AvgIpc) is 2.78. The van der Waals surface area contributed by atoms with E-state index in [2.05, 4.69) is 6.58 Å². The number of piperazine rings is 1. The maximum atomic E-state index is 12.7. The molecule has 5 nitrogen and oxygen atoms in total. The van der Waals surface area contributed by atoms with Gasteiger partial charge in [0.25, 0.3) is 0 Å². The van der Waals surface area contributed by atoms with Gasteiger partial charge in [0, 0.05) is 43.2 Å². The molecule has 1 aliphatic rings. The van der Waals surface area contributed by atoms with Crippen LogP contribution < -0.4 is 4.74 Å². The van der Waals surface area contributed by atoms with E-state index >= 15 is 0 Å². The third-order valence-corrected chi connectivity index (χ3v) is 5.82. The molecule has 0 aromatic heterocycles. The molecule has 1 heterocycles. The minimum atomic E-state index is -0.0947. The van der Waals surface area contributed by atoms with Gasteiger partial charge in [-0.1, -0.05) is 41.9 Å². The molecule has 158 valence electrons. The fourth-order valence-electron chi connectivity index (χ4n) is 3.54. The Morgan fingerprint density at radius 2 is 1.70 bits per heavy atom. The molecule has 1 fully saturated rings. The van der Waals surface area contributed by atoms with Crippen LogP contribution in [0.2, 0.25) is 10.0 Å². The third kappa shape index (κ3) is 5.15. The number of hydrogen-bond donors (Lipinski definition) is 0. The second-order valence-electron chi connectivity index (χ2n) is 7.06. The summed E-state index contributed by atoms with van der Waals surface area (Å²) in [7, 11) is 1.59. The Bertz CT molecular complexity index is 936. The maximum absolute atomic E-state index is 12.7. The van der Waals surface area contributed by atoms with Crippen molar-refractivity contribution < 1.29 is 14.3 Å². The van der Waals surface area contributed by atoms with Crippen LogP contribution in [0.3, 0.4) is 0 Å². The van der Waals surface area contributed by atoms with Crippen LogP contribution in [0, 0.1) is 0 Å². The topological polar surface area (TPSA) is 49.9 Å². The molecule has 0 unspecified atom stereocenters. The first-order valence-electron chi connectivity index (χ1n) is 9.74. The number of aryl methyl sites for hydroxylation is 1. The zero-order valence-electron chi connectivity index (χ0n) is 16.9. The fourth-order valence-corrected chi connectivity index (χ4v) is 3.93. The lowest BCUT2D eigenvalue weighted by atomic mass is 9.99. The van der Waals surface area contributed by atoms with E-state index in [1.54, 1.807) is 23.0 Å². The number of nitrogens with zero attached hydrogens (tertiary/aromatic N) is 2. The highest BCUT2D eigenvalue weighted by Crippen LogP contribution is 2.35. The first kappa shape index (κ1) is 22.2. The second kappa shape index (κ2) is 10.0. The van der Waals surface area contributed by atoms with E-state index in [4.69, 9.17) is 27.9 Å². The Morgan fingerprint density at radius 1 is 1.07 bits per heavy atom. The number of hydrogen-bond acceptors (Lipinski definition) is 3. The van der Waals surface area contributed by atoms with Crippen LogP contribution in [0.25, 0.3) is 11.1 Å². The van der Waals surface area contributed by atoms with Crippen molar-refractivity contribution in [2.45, 2.75) is 12.8 Å². The van der Waals surface area contributed by atoms with Gasteiger partial charge < -0.3 is 14.5 Å². The molecule has 0 saturated carbocycles. The summed E-state index contributed by atoms with van der Waals surface area (Å²) in [6, 6.07) is 11.2. The van der Waals surface area contributed by atoms with Gasteiger partial charge in [-0.3, -0.25) is 9.59 Å². The zero-order chi connectivity index (χ0) is 21.7. The standard InChI is InChI=1S/C23H24Cl2N2O3/c1-3-22(28)26-10-12-27(13-11-26)23(29)9-6-17-14-19(20(25)15-21(17)30-2)16-4-7-18(24)8-5-16/h3-5,7-8,14-15H,1,6,9-13H2,2H3. The van der Waals surface area contributed by atoms with E-state index in [0.29, 0.717) is 54.8 Å². The van der Waals surface area contributed by atoms with Crippen LogP contribution in [0.1, 0.15) is 12.0 Å². The van der Waals surface area contributed by atoms with Crippen LogP contribution >= 0.6 is 23.2 Å². The number of amides is 2. The molecule has 0 N–H and O–H groups in total. The molecule has 0 bridgehead atoms. The summed E-state index contributed by atoms with van der Waals surface area (Å²) in [6.07, 6.45) is 2.20. The third-order valence-electron chi connectivity index (χ3n) is 5.25. The van der Waals surface area contributed by atoms with Gasteiger partial charge >= 0.3 is 0 Å². The summed E-state index contributed by atoms with van der Waals surface area (Å²) >= 11 is 12.5. The van der Waals surface area contributed by atoms with E-state index < -0.39 is 0 Å². The number of carbonyl (C=O) groups excluding carboxylic acids is 2. The summed E-state index contributed by atoms with van der Waals surface area (Å²) < 4.78 is 5.48. The quantitative estimate of drug-likeness (QED) is 0.615. The fraction of sp³-hybridized carbons (Fsp3) is 0.304. The van der Waals surface area contributed by atoms with Gasteiger partial charge in [-0.05, 0) is 47.9 Å². The number of methoxy groups -OCH3 is 1. The highest BCUT2D eigenvalue weighted by atomic mass is 35.5. The van der Waals surface area contributed by atoms with E-state index in [0.717, 1.165) is 16.7 Å². The molecular weight excluding hydrogens is 423 g/mol. The number of ether oxygens (including phenoxy) is 1. The van der Waals surface area contributed by atoms with Crippen molar-refractivity contribution in [2.24, 2.45) is 0 Å². The van der Waals surface area contributed by atoms with Crippen molar-refractivity contribution in [3.05, 3.63) is 64.7 Å². The summed E-state index contributed by atoms with van der Waals surface area (Å²) in [5.74, 6) is 0.625. The second-order valence-corrected chi connectivity index (χ2v) is 7.90. The van der Waals surface area contributed by atoms with E-state index in [1.807, 2.05) is 30.3 Å². The van der Waals surface area contributed by atoms with Gasteiger partial charge in [-0.2, -0.15) is 0 Å². The maximum Gasteiger partial charge on any atom is 0.246 e. The summed E-state index contributed by atoms with van der Waals surface area (Å²) in [4.78, 5) is 27.9. The highest BCUT2D eigenvalue weighted by Gasteiger charge is 2.23. The van der Waals surface area contributed by atoms with Gasteiger partial charge in [0.1, 0.15) is 5.75 Å². The molecule has 0 aliphatic carbocycles. The largest absolute Gasteiger partial charge is 0.496 e. The SMILES string of the molecule is C=CC(=O)N1CCN(C(=O)CCc2cc(-c3ccc(Cl)cc3)c(Cl)cc2OC)CC1. The smallest absolute Gasteiger partial charge is 0.246 e. The number of carbonyl (C=O) groups is 2. The molecular formula is C23H24Cl2N2O3. The minimum absolute atomic E-state index is 0.0609. The summed E-state index contributed by atoms with van der Waals surface area (Å²) in [5.41, 5.74) is 2.73. The molecule has 1 aliphatic heterocycles. The first-order chi connectivity index (χ1) is 14.4. The first-order valence-corrected chi connectivity index (χ1v) is 10.5. The van der Waals surface area contributed by atoms with E-state index in [1.165, 1.54) is 6.08 Å². The van der Waals surface area contributed by atoms with Crippen molar-refractivity contribution in [2.75, 3.05) is 33.3 Å². The van der Waals surface area contributed by atoms with E-state index in [-0.39, 0.29) is 11.8 Å². The Balaban J connectivity index is 1.69. The van der Waals surface area contributed by atoms with Crippen molar-refractivity contribution >= 4 is 35.0 Å². The molecule has 3 rings (SSSR count). The lowest BCUT2D eigenvalue weighted by Gasteiger charge is -2.34. The number of benzene rings is 2. The Hall–Kier alpha value is -2.50. The molecule has 2 amide bonds. The molecule has 1 saturated heterocycles. The predicted octanol–water partition coefficient (Wildman–Crippen LogP) is 4.46. The molecule has 0 atom stereocenters. The van der Waals surface area contributed by atoms with E-state index in [9.17, 15) is 9.59 Å². The Labute approximate surface area is 186 Å². The molecule has 0 spiro atoms. The van der Waals surface area contributed by atoms with Crippen molar-refractivity contribution in [1.82, 2.24) is 9.80 Å². The summed E-state index contributed by atoms with van der Waals surface area (Å²) in [5, 5.41) is 1.23. The van der Waals surface area contributed by atoms with Crippen LogP contribution in [0.4, 0.5) is 0 Å². The molecule has 2 aromatic rings.